The van der Waals surface area contributed by atoms with E-state index in [1.807, 2.05) is 11.9 Å². The van der Waals surface area contributed by atoms with E-state index < -0.39 is 0 Å². The first-order valence-corrected chi connectivity index (χ1v) is 4.65. The van der Waals surface area contributed by atoms with Gasteiger partial charge < -0.3 is 10.2 Å². The number of nitrogens with one attached hydrogen (secondary N) is 1. The van der Waals surface area contributed by atoms with Crippen molar-refractivity contribution < 1.29 is 4.79 Å². The zero-order chi connectivity index (χ0) is 9.14. The molecule has 1 fully saturated rings. The second-order valence-electron chi connectivity index (χ2n) is 3.37. The fraction of sp³-hybridized carbons (Fsp3) is 0.889. The third-order valence-corrected chi connectivity index (χ3v) is 2.75. The first-order valence-electron chi connectivity index (χ1n) is 4.65. The van der Waals surface area contributed by atoms with E-state index in [4.69, 9.17) is 0 Å². The lowest BCUT2D eigenvalue weighted by atomic mass is 9.93. The average Bonchev–Trinajstić information content (AvgIpc) is 1.96. The van der Waals surface area contributed by atoms with Gasteiger partial charge in [-0.3, -0.25) is 4.79 Å². The lowest BCUT2D eigenvalue weighted by molar-refractivity contribution is -0.137. The molecular formula is C9H18N2O. The summed E-state index contributed by atoms with van der Waals surface area (Å²) < 4.78 is 0. The van der Waals surface area contributed by atoms with Gasteiger partial charge in [-0.05, 0) is 19.9 Å². The van der Waals surface area contributed by atoms with Gasteiger partial charge in [0.1, 0.15) is 0 Å². The Morgan fingerprint density at radius 2 is 2.42 bits per heavy atom. The Morgan fingerprint density at radius 1 is 1.75 bits per heavy atom. The summed E-state index contributed by atoms with van der Waals surface area (Å²) in [6.45, 7) is 4.74. The topological polar surface area (TPSA) is 32.3 Å². The number of nitrogens with zero attached hydrogens (tertiary/aromatic N) is 1. The van der Waals surface area contributed by atoms with Crippen LogP contribution in [0.1, 0.15) is 26.7 Å². The maximum Gasteiger partial charge on any atom is 0.219 e. The average molecular weight is 170 g/mol. The fourth-order valence-electron chi connectivity index (χ4n) is 1.89. The van der Waals surface area contributed by atoms with Gasteiger partial charge in [-0.25, -0.2) is 0 Å². The minimum atomic E-state index is 0.208. The lowest BCUT2D eigenvalue weighted by Crippen LogP contribution is -2.59. The van der Waals surface area contributed by atoms with Gasteiger partial charge in [-0.15, -0.1) is 0 Å². The molecule has 0 aromatic rings. The van der Waals surface area contributed by atoms with Crippen LogP contribution in [-0.4, -0.2) is 36.5 Å². The predicted octanol–water partition coefficient (Wildman–Crippen LogP) is 0.605. The zero-order valence-corrected chi connectivity index (χ0v) is 8.13. The number of likely N-dealkylation sites (N-methyl/N-ethyl adjacent to an activating group) is 1. The Morgan fingerprint density at radius 3 is 2.67 bits per heavy atom. The van der Waals surface area contributed by atoms with Gasteiger partial charge in [0.2, 0.25) is 5.91 Å². The molecule has 70 valence electrons. The number of rotatable bonds is 3. The second-order valence-corrected chi connectivity index (χ2v) is 3.37. The Hall–Kier alpha value is -0.570. The molecule has 0 saturated carbocycles. The second kappa shape index (κ2) is 3.90. The number of carbonyl (C=O) groups excluding carboxylic acids is 1. The minimum absolute atomic E-state index is 0.208. The molecule has 0 aromatic heterocycles. The number of amides is 1. The molecule has 2 unspecified atom stereocenters. The van der Waals surface area contributed by atoms with E-state index in [1.54, 1.807) is 6.92 Å². The molecule has 12 heavy (non-hydrogen) atoms. The molecule has 0 aromatic carbocycles. The molecule has 0 radical (unpaired) electrons. The van der Waals surface area contributed by atoms with E-state index >= 15 is 0 Å². The smallest absolute Gasteiger partial charge is 0.219 e. The van der Waals surface area contributed by atoms with Crippen molar-refractivity contribution in [1.29, 1.82) is 0 Å². The van der Waals surface area contributed by atoms with E-state index in [1.165, 1.54) is 0 Å². The van der Waals surface area contributed by atoms with Crippen molar-refractivity contribution in [3.8, 4) is 0 Å². The van der Waals surface area contributed by atoms with Crippen LogP contribution in [0.3, 0.4) is 0 Å². The van der Waals surface area contributed by atoms with Crippen LogP contribution in [0, 0.1) is 0 Å². The maximum absolute atomic E-state index is 11.1. The summed E-state index contributed by atoms with van der Waals surface area (Å²) in [5, 5.41) is 3.24. The monoisotopic (exact) mass is 170 g/mol. The molecule has 2 atom stereocenters. The van der Waals surface area contributed by atoms with Crippen LogP contribution < -0.4 is 5.32 Å². The summed E-state index contributed by atoms with van der Waals surface area (Å²) in [4.78, 5) is 13.0. The number of hydrogen-bond donors (Lipinski definition) is 1. The Balaban J connectivity index is 2.46. The highest BCUT2D eigenvalue weighted by Gasteiger charge is 2.34. The zero-order valence-electron chi connectivity index (χ0n) is 8.13. The largest absolute Gasteiger partial charge is 0.338 e. The van der Waals surface area contributed by atoms with E-state index in [0.717, 1.165) is 19.4 Å². The molecule has 1 aliphatic heterocycles. The SMILES string of the molecule is CCC(NC)C1CCN1C(C)=O. The highest BCUT2D eigenvalue weighted by molar-refractivity contribution is 5.74. The van der Waals surface area contributed by atoms with Gasteiger partial charge in [-0.1, -0.05) is 6.92 Å². The van der Waals surface area contributed by atoms with E-state index in [0.29, 0.717) is 12.1 Å². The van der Waals surface area contributed by atoms with Crippen LogP contribution in [0.2, 0.25) is 0 Å². The van der Waals surface area contributed by atoms with Crippen molar-refractivity contribution in [3.63, 3.8) is 0 Å². The molecule has 1 rings (SSSR count). The quantitative estimate of drug-likeness (QED) is 0.673. The summed E-state index contributed by atoms with van der Waals surface area (Å²) in [5.41, 5.74) is 0. The van der Waals surface area contributed by atoms with Gasteiger partial charge in [0.15, 0.2) is 0 Å². The highest BCUT2D eigenvalue weighted by atomic mass is 16.2. The third kappa shape index (κ3) is 1.61. The maximum atomic E-state index is 11.1. The molecule has 1 amide bonds. The van der Waals surface area contributed by atoms with Crippen molar-refractivity contribution in [2.45, 2.75) is 38.8 Å². The number of carbonyl (C=O) groups is 1. The van der Waals surface area contributed by atoms with Crippen LogP contribution >= 0.6 is 0 Å². The summed E-state index contributed by atoms with van der Waals surface area (Å²) in [5.74, 6) is 0.208. The van der Waals surface area contributed by atoms with Crippen LogP contribution in [0.25, 0.3) is 0 Å². The van der Waals surface area contributed by atoms with Crippen LogP contribution in [0.15, 0.2) is 0 Å². The molecule has 1 aliphatic rings. The van der Waals surface area contributed by atoms with Crippen molar-refractivity contribution in [2.24, 2.45) is 0 Å². The van der Waals surface area contributed by atoms with Crippen molar-refractivity contribution >= 4 is 5.91 Å². The molecular weight excluding hydrogens is 152 g/mol. The molecule has 0 spiro atoms. The molecule has 1 heterocycles. The number of hydrogen-bond acceptors (Lipinski definition) is 2. The Labute approximate surface area is 74.1 Å². The lowest BCUT2D eigenvalue weighted by Gasteiger charge is -2.44. The standard InChI is InChI=1S/C9H18N2O/c1-4-8(10-3)9-5-6-11(9)7(2)12/h8-10H,4-6H2,1-3H3. The van der Waals surface area contributed by atoms with Crippen molar-refractivity contribution in [2.75, 3.05) is 13.6 Å². The summed E-state index contributed by atoms with van der Waals surface area (Å²) in [6.07, 6.45) is 2.24. The fourth-order valence-corrected chi connectivity index (χ4v) is 1.89. The third-order valence-electron chi connectivity index (χ3n) is 2.75. The van der Waals surface area contributed by atoms with Crippen molar-refractivity contribution in [3.05, 3.63) is 0 Å². The van der Waals surface area contributed by atoms with Gasteiger partial charge in [0.05, 0.1) is 0 Å². The molecule has 3 heteroatoms. The van der Waals surface area contributed by atoms with Crippen LogP contribution in [-0.2, 0) is 4.79 Å². The van der Waals surface area contributed by atoms with E-state index in [-0.39, 0.29) is 5.91 Å². The van der Waals surface area contributed by atoms with E-state index in [9.17, 15) is 4.79 Å². The first-order chi connectivity index (χ1) is 5.70. The molecule has 0 bridgehead atoms. The first kappa shape index (κ1) is 9.52. The molecule has 3 nitrogen and oxygen atoms in total. The normalized spacial score (nSPS) is 24.9. The van der Waals surface area contributed by atoms with Gasteiger partial charge in [0.25, 0.3) is 0 Å². The van der Waals surface area contributed by atoms with Gasteiger partial charge in [-0.2, -0.15) is 0 Å². The van der Waals surface area contributed by atoms with Gasteiger partial charge >= 0.3 is 0 Å². The molecule has 0 aliphatic carbocycles. The van der Waals surface area contributed by atoms with E-state index in [2.05, 4.69) is 12.2 Å². The predicted molar refractivity (Wildman–Crippen MR) is 48.9 cm³/mol. The minimum Gasteiger partial charge on any atom is -0.338 e. The van der Waals surface area contributed by atoms with Gasteiger partial charge in [0, 0.05) is 25.6 Å². The van der Waals surface area contributed by atoms with Crippen LogP contribution in [0.5, 0.6) is 0 Å². The Bertz CT molecular complexity index is 166. The van der Waals surface area contributed by atoms with Crippen molar-refractivity contribution in [1.82, 2.24) is 10.2 Å². The molecule has 1 N–H and O–H groups in total. The number of likely N-dealkylation sites (tertiary alicyclic amines) is 1. The summed E-state index contributed by atoms with van der Waals surface area (Å²) >= 11 is 0. The highest BCUT2D eigenvalue weighted by Crippen LogP contribution is 2.21. The summed E-state index contributed by atoms with van der Waals surface area (Å²) in [7, 11) is 1.96. The molecule has 1 saturated heterocycles. The summed E-state index contributed by atoms with van der Waals surface area (Å²) in [6, 6.07) is 0.917. The Kier molecular flexibility index (Phi) is 3.09. The van der Waals surface area contributed by atoms with Crippen LogP contribution in [0.4, 0.5) is 0 Å².